The van der Waals surface area contributed by atoms with Gasteiger partial charge in [-0.05, 0) is 86.2 Å². The number of rotatable bonds is 7. The lowest BCUT2D eigenvalue weighted by Crippen LogP contribution is -2.57. The summed E-state index contributed by atoms with van der Waals surface area (Å²) in [5, 5.41) is 7.83. The lowest BCUT2D eigenvalue weighted by atomic mass is 9.45. The third-order valence-corrected chi connectivity index (χ3v) is 12.1. The summed E-state index contributed by atoms with van der Waals surface area (Å²) in [6.07, 6.45) is 2.82. The second-order valence-corrected chi connectivity index (χ2v) is 15.5. The van der Waals surface area contributed by atoms with Crippen LogP contribution in [0.15, 0.2) is 46.2 Å². The zero-order valence-corrected chi connectivity index (χ0v) is 30.0. The molecule has 2 saturated heterocycles. The van der Waals surface area contributed by atoms with Crippen LogP contribution in [0, 0.1) is 29.0 Å². The van der Waals surface area contributed by atoms with Crippen molar-refractivity contribution in [2.45, 2.75) is 65.6 Å². The number of fused-ring (bicyclic) bond motifs is 3. The Morgan fingerprint density at radius 3 is 2.59 bits per heavy atom. The summed E-state index contributed by atoms with van der Waals surface area (Å²) >= 11 is 0. The van der Waals surface area contributed by atoms with Crippen LogP contribution in [0.5, 0.6) is 5.75 Å². The highest BCUT2D eigenvalue weighted by Gasteiger charge is 2.56. The van der Waals surface area contributed by atoms with Crippen molar-refractivity contribution in [2.24, 2.45) is 28.2 Å². The molecular formula is C38H53FN8O2. The fourth-order valence-corrected chi connectivity index (χ4v) is 8.72. The van der Waals surface area contributed by atoms with Crippen LogP contribution >= 0.6 is 0 Å². The zero-order chi connectivity index (χ0) is 34.4. The Morgan fingerprint density at radius 1 is 1.10 bits per heavy atom. The normalized spacial score (nSPS) is 27.2. The van der Waals surface area contributed by atoms with E-state index < -0.39 is 0 Å². The van der Waals surface area contributed by atoms with Crippen LogP contribution in [0.1, 0.15) is 46.1 Å². The molecule has 3 aromatic rings. The third-order valence-electron chi connectivity index (χ3n) is 12.1. The predicted octanol–water partition coefficient (Wildman–Crippen LogP) is 4.67. The van der Waals surface area contributed by atoms with Crippen molar-refractivity contribution in [3.8, 4) is 5.75 Å². The minimum atomic E-state index is -0.335. The summed E-state index contributed by atoms with van der Waals surface area (Å²) in [4.78, 5) is 31.6. The van der Waals surface area contributed by atoms with Crippen LogP contribution in [0.3, 0.4) is 0 Å². The van der Waals surface area contributed by atoms with Gasteiger partial charge in [0.2, 0.25) is 5.95 Å². The van der Waals surface area contributed by atoms with E-state index in [0.29, 0.717) is 64.4 Å². The molecule has 10 nitrogen and oxygen atoms in total. The van der Waals surface area contributed by atoms with Crippen LogP contribution in [-0.2, 0) is 13.0 Å². The standard InChI is InChI=1S/C38H53FN8O2/c1-24-23-46(14-12-40-24)36(42-33-20-27-19-31(25(33)2)38(27,3)4)41-28-8-10-30-34(21-28)43-37(45-17-15-44(5)16-18-45)47(35(30)48)13-11-26-7-9-29(49-6)22-32(26)39/h7-10,21-22,24-25,27,31,33,40H,11-20,23H2,1-6H3,(H,41,42)/t24-,25-,27+,31+,33-/m0/s1. The smallest absolute Gasteiger partial charge is 0.262 e. The van der Waals surface area contributed by atoms with Gasteiger partial charge in [0.25, 0.3) is 5.56 Å². The number of aliphatic imine (C=N–C) groups is 1. The summed E-state index contributed by atoms with van der Waals surface area (Å²) in [7, 11) is 3.63. The van der Waals surface area contributed by atoms with Crippen molar-refractivity contribution in [3.05, 3.63) is 58.1 Å². The number of hydrogen-bond acceptors (Lipinski definition) is 7. The van der Waals surface area contributed by atoms with Gasteiger partial charge in [0.1, 0.15) is 11.6 Å². The fraction of sp³-hybridized carbons (Fsp3) is 0.605. The Kier molecular flexibility index (Phi) is 9.34. The fourth-order valence-electron chi connectivity index (χ4n) is 8.72. The lowest BCUT2D eigenvalue weighted by Gasteiger charge is -2.61. The minimum Gasteiger partial charge on any atom is -0.497 e. The summed E-state index contributed by atoms with van der Waals surface area (Å²) in [5.74, 6) is 3.67. The van der Waals surface area contributed by atoms with E-state index in [1.807, 2.05) is 18.2 Å². The van der Waals surface area contributed by atoms with E-state index in [-0.39, 0.29) is 17.4 Å². The van der Waals surface area contributed by atoms with E-state index in [0.717, 1.165) is 69.8 Å². The van der Waals surface area contributed by atoms with E-state index >= 15 is 0 Å². The van der Waals surface area contributed by atoms with Gasteiger partial charge in [-0.2, -0.15) is 0 Å². The molecule has 3 saturated carbocycles. The average Bonchev–Trinajstić information content (AvgIpc) is 3.08. The number of likely N-dealkylation sites (N-methyl/N-ethyl adjacent to an activating group) is 1. The van der Waals surface area contributed by atoms with Gasteiger partial charge in [0.05, 0.1) is 24.1 Å². The van der Waals surface area contributed by atoms with E-state index in [2.05, 4.69) is 60.1 Å². The number of aryl methyl sites for hydroxylation is 1. The first kappa shape index (κ1) is 33.8. The number of guanidine groups is 1. The first-order chi connectivity index (χ1) is 23.5. The number of aromatic nitrogens is 2. The van der Waals surface area contributed by atoms with Crippen LogP contribution in [0.25, 0.3) is 10.9 Å². The van der Waals surface area contributed by atoms with Gasteiger partial charge in [-0.25, -0.2) is 14.4 Å². The van der Waals surface area contributed by atoms with Gasteiger partial charge < -0.3 is 30.1 Å². The molecule has 0 amide bonds. The molecule has 2 aliphatic heterocycles. The van der Waals surface area contributed by atoms with Gasteiger partial charge >= 0.3 is 0 Å². The predicted molar refractivity (Wildman–Crippen MR) is 195 cm³/mol. The molecule has 264 valence electrons. The van der Waals surface area contributed by atoms with Crippen molar-refractivity contribution in [3.63, 3.8) is 0 Å². The topological polar surface area (TPSA) is 90.3 Å². The van der Waals surface area contributed by atoms with Crippen molar-refractivity contribution < 1.29 is 9.13 Å². The number of halogens is 1. The monoisotopic (exact) mass is 672 g/mol. The first-order valence-corrected chi connectivity index (χ1v) is 18.2. The van der Waals surface area contributed by atoms with E-state index in [1.54, 1.807) is 16.7 Å². The molecule has 5 aliphatic rings. The quantitative estimate of drug-likeness (QED) is 0.277. The molecule has 0 unspecified atom stereocenters. The molecule has 11 heteroatoms. The van der Waals surface area contributed by atoms with E-state index in [4.69, 9.17) is 14.7 Å². The third kappa shape index (κ3) is 6.64. The molecule has 0 radical (unpaired) electrons. The Morgan fingerprint density at radius 2 is 1.90 bits per heavy atom. The van der Waals surface area contributed by atoms with Gasteiger partial charge in [0, 0.05) is 70.2 Å². The molecule has 49 heavy (non-hydrogen) atoms. The summed E-state index contributed by atoms with van der Waals surface area (Å²) in [6.45, 7) is 15.8. The number of nitrogens with zero attached hydrogens (tertiary/aromatic N) is 6. The molecule has 5 fully saturated rings. The van der Waals surface area contributed by atoms with Crippen LogP contribution in [0.4, 0.5) is 16.0 Å². The molecule has 5 atom stereocenters. The van der Waals surface area contributed by atoms with Crippen LogP contribution in [0.2, 0.25) is 0 Å². The maximum Gasteiger partial charge on any atom is 0.262 e. The molecule has 2 bridgehead atoms. The van der Waals surface area contributed by atoms with Crippen molar-refractivity contribution >= 4 is 28.5 Å². The molecule has 3 heterocycles. The number of nitrogens with one attached hydrogen (secondary N) is 2. The van der Waals surface area contributed by atoms with Crippen LogP contribution in [-0.4, -0.2) is 97.4 Å². The Labute approximate surface area is 289 Å². The van der Waals surface area contributed by atoms with Crippen molar-refractivity contribution in [1.29, 1.82) is 0 Å². The second-order valence-electron chi connectivity index (χ2n) is 15.5. The average molecular weight is 673 g/mol. The lowest BCUT2D eigenvalue weighted by molar-refractivity contribution is -0.108. The molecule has 2 aromatic carbocycles. The largest absolute Gasteiger partial charge is 0.497 e. The number of ether oxygens (including phenoxy) is 1. The maximum absolute atomic E-state index is 14.9. The first-order valence-electron chi connectivity index (χ1n) is 18.2. The maximum atomic E-state index is 14.9. The number of anilines is 2. The number of methoxy groups -OCH3 is 1. The number of piperazine rings is 2. The molecule has 0 spiro atoms. The van der Waals surface area contributed by atoms with E-state index in [1.165, 1.54) is 19.6 Å². The number of benzene rings is 2. The van der Waals surface area contributed by atoms with Gasteiger partial charge in [0.15, 0.2) is 5.96 Å². The van der Waals surface area contributed by atoms with Gasteiger partial charge in [-0.1, -0.05) is 26.8 Å². The SMILES string of the molecule is COc1ccc(CCn2c(N3CCN(C)CC3)nc3cc(NC(=N[C@H]4C[C@H]5C[C@H]([C@@H]4C)C5(C)C)N4CCN[C@@H](C)C4)ccc3c2=O)c(F)c1. The summed E-state index contributed by atoms with van der Waals surface area (Å²) < 4.78 is 21.8. The molecule has 8 rings (SSSR count). The molecule has 1 aromatic heterocycles. The van der Waals surface area contributed by atoms with Gasteiger partial charge in [-0.15, -0.1) is 0 Å². The van der Waals surface area contributed by atoms with Crippen LogP contribution < -0.4 is 25.8 Å². The highest BCUT2D eigenvalue weighted by atomic mass is 19.1. The highest BCUT2D eigenvalue weighted by Crippen LogP contribution is 2.61. The highest BCUT2D eigenvalue weighted by molar-refractivity contribution is 5.96. The zero-order valence-electron chi connectivity index (χ0n) is 30.0. The number of hydrogen-bond donors (Lipinski definition) is 2. The summed E-state index contributed by atoms with van der Waals surface area (Å²) in [6, 6.07) is 11.4. The Hall–Kier alpha value is -3.70. The van der Waals surface area contributed by atoms with E-state index in [9.17, 15) is 9.18 Å². The summed E-state index contributed by atoms with van der Waals surface area (Å²) in [5.41, 5.74) is 2.36. The van der Waals surface area contributed by atoms with Crippen molar-refractivity contribution in [2.75, 3.05) is 70.2 Å². The second kappa shape index (κ2) is 13.5. The Balaban J connectivity index is 1.21. The minimum absolute atomic E-state index is 0.109. The van der Waals surface area contributed by atoms with Gasteiger partial charge in [-0.3, -0.25) is 9.36 Å². The molecule has 3 aliphatic carbocycles. The van der Waals surface area contributed by atoms with Crippen molar-refractivity contribution in [1.82, 2.24) is 24.7 Å². The molecule has 2 N–H and O–H groups in total. The molecular weight excluding hydrogens is 619 g/mol. The Bertz CT molecular complexity index is 1770.